The molecule has 5 aromatic rings. The number of benzene rings is 5. The van der Waals surface area contributed by atoms with E-state index in [1.54, 1.807) is 49.4 Å². The van der Waals surface area contributed by atoms with Gasteiger partial charge in [0.15, 0.2) is 0 Å². The van der Waals surface area contributed by atoms with Crippen LogP contribution in [0.4, 0.5) is 34.1 Å². The van der Waals surface area contributed by atoms with Gasteiger partial charge in [-0.2, -0.15) is 12.7 Å². The highest BCUT2D eigenvalue weighted by molar-refractivity contribution is 7.89. The van der Waals surface area contributed by atoms with Gasteiger partial charge in [0.1, 0.15) is 22.1 Å². The summed E-state index contributed by atoms with van der Waals surface area (Å²) in [6.07, 6.45) is 0. The third-order valence-electron chi connectivity index (χ3n) is 7.76. The number of aliphatic hydroxyl groups excluding tert-OH is 2. The number of para-hydroxylation sites is 1. The second kappa shape index (κ2) is 15.2. The number of aromatic hydroxyl groups is 1. The van der Waals surface area contributed by atoms with E-state index in [4.69, 9.17) is 4.74 Å². The van der Waals surface area contributed by atoms with Gasteiger partial charge in [-0.05, 0) is 84.6 Å². The fraction of sp³-hybridized carbons (Fsp3) is 0.176. The predicted molar refractivity (Wildman–Crippen MR) is 193 cm³/mol. The zero-order valence-corrected chi connectivity index (χ0v) is 28.7. The molecule has 0 saturated heterocycles. The number of hydrogen-bond donors (Lipinski definition) is 8. The highest BCUT2D eigenvalue weighted by Gasteiger charge is 2.24. The van der Waals surface area contributed by atoms with E-state index >= 15 is 0 Å². The summed E-state index contributed by atoms with van der Waals surface area (Å²) in [5.41, 5.74) is 9.01. The van der Waals surface area contributed by atoms with Crippen LogP contribution in [0.15, 0.2) is 101 Å². The Morgan fingerprint density at radius 1 is 0.740 bits per heavy atom. The maximum absolute atomic E-state index is 12.9. The molecule has 0 aliphatic rings. The van der Waals surface area contributed by atoms with E-state index in [-0.39, 0.29) is 36.9 Å². The van der Waals surface area contributed by atoms with E-state index in [0.29, 0.717) is 44.8 Å². The number of aliphatic hydroxyl groups is 2. The van der Waals surface area contributed by atoms with Crippen molar-refractivity contribution in [1.29, 1.82) is 0 Å². The second-order valence-electron chi connectivity index (χ2n) is 11.1. The zero-order chi connectivity index (χ0) is 36.1. The summed E-state index contributed by atoms with van der Waals surface area (Å²) in [6, 6.07) is 24.9. The molecule has 0 saturated carbocycles. The summed E-state index contributed by atoms with van der Waals surface area (Å²) >= 11 is 0. The van der Waals surface area contributed by atoms with Crippen LogP contribution in [0.5, 0.6) is 11.5 Å². The van der Waals surface area contributed by atoms with Gasteiger partial charge in [-0.3, -0.25) is 15.4 Å². The van der Waals surface area contributed by atoms with Crippen molar-refractivity contribution in [3.8, 4) is 11.5 Å². The standard InChI is InChI=1S/C34H37N5O9S2/c1-22-18-30(31(48-2)21-29(22)36-25-8-11-27(12-9-25)49(43,44)39(14-16-40)15-17-41)37-38-33-32(50(45,46)47)20-23-19-26(10-13-28(23)34(33)42)35-24-6-4-3-5-7-24/h3-13,18-21,35-38,40-42H,14-17H2,1-2H3,(H,45,46,47). The molecule has 0 fully saturated rings. The molecule has 0 spiro atoms. The zero-order valence-electron chi connectivity index (χ0n) is 27.1. The number of phenols is 1. The molecule has 0 aliphatic heterocycles. The Morgan fingerprint density at radius 3 is 2.00 bits per heavy atom. The lowest BCUT2D eigenvalue weighted by molar-refractivity contribution is 0.217. The molecule has 0 heterocycles. The summed E-state index contributed by atoms with van der Waals surface area (Å²) in [5, 5.41) is 36.8. The lowest BCUT2D eigenvalue weighted by atomic mass is 10.1. The van der Waals surface area contributed by atoms with Crippen LogP contribution in [0.3, 0.4) is 0 Å². The molecular weight excluding hydrogens is 687 g/mol. The van der Waals surface area contributed by atoms with Crippen molar-refractivity contribution in [2.45, 2.75) is 16.7 Å². The van der Waals surface area contributed by atoms with Crippen molar-refractivity contribution in [2.24, 2.45) is 0 Å². The average molecular weight is 724 g/mol. The van der Waals surface area contributed by atoms with Crippen LogP contribution in [0.1, 0.15) is 5.56 Å². The van der Waals surface area contributed by atoms with E-state index in [1.807, 2.05) is 30.3 Å². The smallest absolute Gasteiger partial charge is 0.296 e. The van der Waals surface area contributed by atoms with Gasteiger partial charge in [0.2, 0.25) is 10.0 Å². The minimum Gasteiger partial charge on any atom is -0.505 e. The summed E-state index contributed by atoms with van der Waals surface area (Å²) < 4.78 is 67.5. The monoisotopic (exact) mass is 723 g/mol. The molecule has 264 valence electrons. The molecular formula is C34H37N5O9S2. The summed E-state index contributed by atoms with van der Waals surface area (Å²) in [7, 11) is -7.30. The number of anilines is 6. The van der Waals surface area contributed by atoms with Crippen LogP contribution in [-0.4, -0.2) is 74.4 Å². The Bertz CT molecular complexity index is 2200. The van der Waals surface area contributed by atoms with Gasteiger partial charge in [-0.15, -0.1) is 0 Å². The molecule has 0 bridgehead atoms. The van der Waals surface area contributed by atoms with Gasteiger partial charge in [0, 0.05) is 47.3 Å². The van der Waals surface area contributed by atoms with E-state index in [9.17, 15) is 36.7 Å². The second-order valence-corrected chi connectivity index (χ2v) is 14.4. The van der Waals surface area contributed by atoms with E-state index < -0.39 is 30.8 Å². The predicted octanol–water partition coefficient (Wildman–Crippen LogP) is 5.01. The Kier molecular flexibility index (Phi) is 11.0. The fourth-order valence-electron chi connectivity index (χ4n) is 5.26. The molecule has 0 atom stereocenters. The maximum atomic E-state index is 12.9. The number of sulfonamides is 1. The number of nitrogens with zero attached hydrogens (tertiary/aromatic N) is 1. The summed E-state index contributed by atoms with van der Waals surface area (Å²) in [4.78, 5) is -0.558. The average Bonchev–Trinajstić information content (AvgIpc) is 3.09. The topological polar surface area (TPSA) is 210 Å². The van der Waals surface area contributed by atoms with Crippen LogP contribution < -0.4 is 26.2 Å². The van der Waals surface area contributed by atoms with E-state index in [2.05, 4.69) is 21.5 Å². The first kappa shape index (κ1) is 36.2. The first-order valence-electron chi connectivity index (χ1n) is 15.2. The largest absolute Gasteiger partial charge is 0.505 e. The van der Waals surface area contributed by atoms with Gasteiger partial charge in [-0.1, -0.05) is 18.2 Å². The van der Waals surface area contributed by atoms with Crippen molar-refractivity contribution in [1.82, 2.24) is 4.31 Å². The molecule has 0 amide bonds. The molecule has 16 heteroatoms. The number of methoxy groups -OCH3 is 1. The molecule has 14 nitrogen and oxygen atoms in total. The van der Waals surface area contributed by atoms with Crippen molar-refractivity contribution in [2.75, 3.05) is 54.9 Å². The van der Waals surface area contributed by atoms with Gasteiger partial charge in [0.05, 0.1) is 30.9 Å². The SMILES string of the molecule is COc1cc(Nc2ccc(S(=O)(=O)N(CCO)CCO)cc2)c(C)cc1NNc1c(S(=O)(=O)O)cc2cc(Nc3ccccc3)ccc2c1O. The normalized spacial score (nSPS) is 11.8. The van der Waals surface area contributed by atoms with Crippen molar-refractivity contribution < 1.29 is 41.4 Å². The number of ether oxygens (including phenoxy) is 1. The number of phenolic OH excluding ortho intramolecular Hbond substituents is 1. The van der Waals surface area contributed by atoms with Gasteiger partial charge < -0.3 is 30.7 Å². The van der Waals surface area contributed by atoms with E-state index in [1.165, 1.54) is 25.3 Å². The summed E-state index contributed by atoms with van der Waals surface area (Å²) in [5.74, 6) is -0.0945. The number of hydrazine groups is 1. The minimum absolute atomic E-state index is 0.00428. The third kappa shape index (κ3) is 8.02. The van der Waals surface area contributed by atoms with Crippen molar-refractivity contribution in [3.05, 3.63) is 96.6 Å². The van der Waals surface area contributed by atoms with Gasteiger partial charge in [-0.25, -0.2) is 8.42 Å². The molecule has 8 N–H and O–H groups in total. The van der Waals surface area contributed by atoms with E-state index in [0.717, 1.165) is 9.99 Å². The number of aryl methyl sites for hydroxylation is 1. The maximum Gasteiger partial charge on any atom is 0.296 e. The number of fused-ring (bicyclic) bond motifs is 1. The number of hydrogen-bond acceptors (Lipinski definition) is 12. The number of nitrogens with one attached hydrogen (secondary N) is 4. The first-order valence-corrected chi connectivity index (χ1v) is 18.1. The lowest BCUT2D eigenvalue weighted by Crippen LogP contribution is -2.35. The Hall–Kier alpha value is -5.10. The first-order chi connectivity index (χ1) is 23.8. The minimum atomic E-state index is -4.80. The molecule has 0 aromatic heterocycles. The van der Waals surface area contributed by atoms with Crippen molar-refractivity contribution in [3.63, 3.8) is 0 Å². The molecule has 5 aromatic carbocycles. The van der Waals surface area contributed by atoms with Crippen LogP contribution in [0, 0.1) is 6.92 Å². The van der Waals surface area contributed by atoms with Gasteiger partial charge in [0.25, 0.3) is 10.1 Å². The van der Waals surface area contributed by atoms with Crippen LogP contribution >= 0.6 is 0 Å². The Balaban J connectivity index is 1.38. The lowest BCUT2D eigenvalue weighted by Gasteiger charge is -2.21. The fourth-order valence-corrected chi connectivity index (χ4v) is 7.37. The molecule has 0 unspecified atom stereocenters. The summed E-state index contributed by atoms with van der Waals surface area (Å²) in [6.45, 7) is 0.718. The molecule has 0 aliphatic carbocycles. The molecule has 50 heavy (non-hydrogen) atoms. The Morgan fingerprint density at radius 2 is 1.38 bits per heavy atom. The van der Waals surface area contributed by atoms with Gasteiger partial charge >= 0.3 is 0 Å². The molecule has 5 rings (SSSR count). The van der Waals surface area contributed by atoms with Crippen LogP contribution in [-0.2, 0) is 20.1 Å². The van der Waals surface area contributed by atoms with Crippen LogP contribution in [0.25, 0.3) is 10.8 Å². The molecule has 0 radical (unpaired) electrons. The number of rotatable bonds is 15. The highest BCUT2D eigenvalue weighted by Crippen LogP contribution is 2.41. The van der Waals surface area contributed by atoms with Crippen molar-refractivity contribution >= 4 is 65.0 Å². The Labute approximate surface area is 289 Å². The quantitative estimate of drug-likeness (QED) is 0.0406. The highest BCUT2D eigenvalue weighted by atomic mass is 32.2. The third-order valence-corrected chi connectivity index (χ3v) is 10.5. The van der Waals surface area contributed by atoms with Crippen LogP contribution in [0.2, 0.25) is 0 Å².